The lowest BCUT2D eigenvalue weighted by Gasteiger charge is -2.16. The first kappa shape index (κ1) is 19.8. The summed E-state index contributed by atoms with van der Waals surface area (Å²) < 4.78 is 10.5. The SMILES string of the molecule is COc1ccc(NC(=O)[C@@H](Sc2nc3ccc(OC)cc3[nH]2)c2ccccc2)cc1. The van der Waals surface area contributed by atoms with Gasteiger partial charge in [0.1, 0.15) is 16.7 Å². The normalized spacial score (nSPS) is 11.8. The van der Waals surface area contributed by atoms with Crippen molar-refractivity contribution in [2.24, 2.45) is 0 Å². The number of anilines is 1. The average Bonchev–Trinajstić information content (AvgIpc) is 3.20. The van der Waals surface area contributed by atoms with Crippen LogP contribution in [0.15, 0.2) is 78.0 Å². The Labute approximate surface area is 178 Å². The summed E-state index contributed by atoms with van der Waals surface area (Å²) in [5.74, 6) is 1.36. The molecule has 0 aliphatic carbocycles. The van der Waals surface area contributed by atoms with E-state index in [0.29, 0.717) is 10.8 Å². The third-order valence-corrected chi connectivity index (χ3v) is 5.73. The van der Waals surface area contributed by atoms with Crippen molar-refractivity contribution < 1.29 is 14.3 Å². The zero-order chi connectivity index (χ0) is 20.9. The lowest BCUT2D eigenvalue weighted by Crippen LogP contribution is -2.19. The highest BCUT2D eigenvalue weighted by Crippen LogP contribution is 2.36. The van der Waals surface area contributed by atoms with Crippen molar-refractivity contribution in [1.29, 1.82) is 0 Å². The smallest absolute Gasteiger partial charge is 0.242 e. The number of hydrogen-bond donors (Lipinski definition) is 2. The van der Waals surface area contributed by atoms with E-state index in [1.807, 2.05) is 72.8 Å². The molecule has 0 radical (unpaired) electrons. The van der Waals surface area contributed by atoms with E-state index in [0.717, 1.165) is 28.1 Å². The van der Waals surface area contributed by atoms with E-state index in [9.17, 15) is 4.79 Å². The van der Waals surface area contributed by atoms with Crippen LogP contribution in [-0.2, 0) is 4.79 Å². The van der Waals surface area contributed by atoms with E-state index in [2.05, 4.69) is 15.3 Å². The molecule has 0 saturated carbocycles. The minimum absolute atomic E-state index is 0.130. The quantitative estimate of drug-likeness (QED) is 0.410. The van der Waals surface area contributed by atoms with Crippen molar-refractivity contribution in [3.63, 3.8) is 0 Å². The Bertz CT molecular complexity index is 1140. The Morgan fingerprint density at radius 3 is 2.37 bits per heavy atom. The highest BCUT2D eigenvalue weighted by Gasteiger charge is 2.24. The van der Waals surface area contributed by atoms with Gasteiger partial charge in [0.25, 0.3) is 0 Å². The highest BCUT2D eigenvalue weighted by atomic mass is 32.2. The first-order valence-corrected chi connectivity index (χ1v) is 10.2. The number of aromatic amines is 1. The molecule has 1 heterocycles. The lowest BCUT2D eigenvalue weighted by atomic mass is 10.1. The fourth-order valence-corrected chi connectivity index (χ4v) is 4.05. The molecular weight excluding hydrogens is 398 g/mol. The van der Waals surface area contributed by atoms with E-state index in [-0.39, 0.29) is 5.91 Å². The van der Waals surface area contributed by atoms with Gasteiger partial charge in [-0.3, -0.25) is 4.79 Å². The summed E-state index contributed by atoms with van der Waals surface area (Å²) in [7, 11) is 3.24. The summed E-state index contributed by atoms with van der Waals surface area (Å²) in [5, 5.41) is 3.17. The number of nitrogens with zero attached hydrogens (tertiary/aromatic N) is 1. The minimum Gasteiger partial charge on any atom is -0.497 e. The zero-order valence-electron chi connectivity index (χ0n) is 16.6. The number of hydrogen-bond acceptors (Lipinski definition) is 5. The largest absolute Gasteiger partial charge is 0.497 e. The number of aromatic nitrogens is 2. The van der Waals surface area contributed by atoms with Crippen LogP contribution in [0.4, 0.5) is 5.69 Å². The number of H-pyrrole nitrogens is 1. The van der Waals surface area contributed by atoms with Gasteiger partial charge >= 0.3 is 0 Å². The van der Waals surface area contributed by atoms with Gasteiger partial charge in [-0.1, -0.05) is 42.1 Å². The number of imidazole rings is 1. The molecule has 0 aliphatic rings. The average molecular weight is 420 g/mol. The molecule has 0 spiro atoms. The number of rotatable bonds is 7. The summed E-state index contributed by atoms with van der Waals surface area (Å²) in [4.78, 5) is 21.1. The van der Waals surface area contributed by atoms with Crippen molar-refractivity contribution in [1.82, 2.24) is 9.97 Å². The molecule has 0 aliphatic heterocycles. The van der Waals surface area contributed by atoms with Crippen molar-refractivity contribution in [2.45, 2.75) is 10.4 Å². The van der Waals surface area contributed by atoms with Gasteiger partial charge in [0.2, 0.25) is 5.91 Å². The zero-order valence-corrected chi connectivity index (χ0v) is 17.4. The number of carbonyl (C=O) groups excluding carboxylic acids is 1. The molecule has 1 atom stereocenters. The maximum absolute atomic E-state index is 13.2. The topological polar surface area (TPSA) is 76.2 Å². The maximum Gasteiger partial charge on any atom is 0.242 e. The Balaban J connectivity index is 1.60. The van der Waals surface area contributed by atoms with Crippen LogP contribution in [0.2, 0.25) is 0 Å². The molecule has 30 heavy (non-hydrogen) atoms. The fraction of sp³-hybridized carbons (Fsp3) is 0.130. The molecule has 1 aromatic heterocycles. The molecule has 2 N–H and O–H groups in total. The predicted molar refractivity (Wildman–Crippen MR) is 119 cm³/mol. The van der Waals surface area contributed by atoms with Crippen molar-refractivity contribution in [3.05, 3.63) is 78.4 Å². The number of benzene rings is 3. The second-order valence-corrected chi connectivity index (χ2v) is 7.65. The van der Waals surface area contributed by atoms with E-state index in [4.69, 9.17) is 9.47 Å². The Hall–Kier alpha value is -3.45. The molecular formula is C23H21N3O3S. The van der Waals surface area contributed by atoms with Crippen molar-refractivity contribution >= 4 is 34.4 Å². The second-order valence-electron chi connectivity index (χ2n) is 6.55. The van der Waals surface area contributed by atoms with E-state index >= 15 is 0 Å². The number of carbonyl (C=O) groups is 1. The van der Waals surface area contributed by atoms with Crippen molar-refractivity contribution in [3.8, 4) is 11.5 Å². The van der Waals surface area contributed by atoms with Gasteiger partial charge < -0.3 is 19.8 Å². The van der Waals surface area contributed by atoms with Crippen LogP contribution in [0.25, 0.3) is 11.0 Å². The van der Waals surface area contributed by atoms with Crippen LogP contribution in [-0.4, -0.2) is 30.1 Å². The fourth-order valence-electron chi connectivity index (χ4n) is 3.04. The van der Waals surface area contributed by atoms with Crippen LogP contribution in [0.5, 0.6) is 11.5 Å². The predicted octanol–water partition coefficient (Wildman–Crippen LogP) is 5.05. The van der Waals surface area contributed by atoms with Gasteiger partial charge in [0.05, 0.1) is 25.3 Å². The summed E-state index contributed by atoms with van der Waals surface area (Å²) in [5.41, 5.74) is 3.28. The van der Waals surface area contributed by atoms with Gasteiger partial charge in [-0.2, -0.15) is 0 Å². The lowest BCUT2D eigenvalue weighted by molar-refractivity contribution is -0.115. The summed E-state index contributed by atoms with van der Waals surface area (Å²) in [6.07, 6.45) is 0. The minimum atomic E-state index is -0.476. The molecule has 1 amide bonds. The first-order chi connectivity index (χ1) is 14.7. The Morgan fingerprint density at radius 1 is 0.967 bits per heavy atom. The summed E-state index contributed by atoms with van der Waals surface area (Å²) >= 11 is 1.37. The molecule has 6 nitrogen and oxygen atoms in total. The number of ether oxygens (including phenoxy) is 2. The molecule has 4 aromatic rings. The van der Waals surface area contributed by atoms with Crippen LogP contribution in [0, 0.1) is 0 Å². The van der Waals surface area contributed by atoms with E-state index in [1.165, 1.54) is 11.8 Å². The number of amides is 1. The van der Waals surface area contributed by atoms with Gasteiger partial charge in [0.15, 0.2) is 5.16 Å². The van der Waals surface area contributed by atoms with Gasteiger partial charge in [-0.15, -0.1) is 0 Å². The van der Waals surface area contributed by atoms with E-state index < -0.39 is 5.25 Å². The summed E-state index contributed by atoms with van der Waals surface area (Å²) in [6.45, 7) is 0. The first-order valence-electron chi connectivity index (χ1n) is 9.36. The van der Waals surface area contributed by atoms with E-state index in [1.54, 1.807) is 14.2 Å². The number of nitrogens with one attached hydrogen (secondary N) is 2. The van der Waals surface area contributed by atoms with Crippen LogP contribution >= 0.6 is 11.8 Å². The summed E-state index contributed by atoms with van der Waals surface area (Å²) in [6, 6.07) is 22.6. The van der Waals surface area contributed by atoms with Gasteiger partial charge in [-0.05, 0) is 42.0 Å². The number of fused-ring (bicyclic) bond motifs is 1. The Morgan fingerprint density at radius 2 is 1.67 bits per heavy atom. The molecule has 0 unspecified atom stereocenters. The van der Waals surface area contributed by atoms with Crippen LogP contribution < -0.4 is 14.8 Å². The van der Waals surface area contributed by atoms with Gasteiger partial charge in [0, 0.05) is 11.8 Å². The second kappa shape index (κ2) is 8.92. The standard InChI is InChI=1S/C23H21N3O3S/c1-28-17-10-8-16(9-11-17)24-22(27)21(15-6-4-3-5-7-15)30-23-25-19-13-12-18(29-2)14-20(19)26-23/h3-14,21H,1-2H3,(H,24,27)(H,25,26)/t21-/m0/s1. The maximum atomic E-state index is 13.2. The molecule has 3 aromatic carbocycles. The van der Waals surface area contributed by atoms with Crippen LogP contribution in [0.1, 0.15) is 10.8 Å². The molecule has 0 fully saturated rings. The monoisotopic (exact) mass is 419 g/mol. The number of thioether (sulfide) groups is 1. The molecule has 0 bridgehead atoms. The number of methoxy groups -OCH3 is 2. The molecule has 152 valence electrons. The van der Waals surface area contributed by atoms with Crippen LogP contribution in [0.3, 0.4) is 0 Å². The Kier molecular flexibility index (Phi) is 5.90. The third-order valence-electron chi connectivity index (χ3n) is 4.59. The molecule has 0 saturated heterocycles. The van der Waals surface area contributed by atoms with Crippen molar-refractivity contribution in [2.75, 3.05) is 19.5 Å². The highest BCUT2D eigenvalue weighted by molar-refractivity contribution is 8.00. The molecule has 4 rings (SSSR count). The molecule has 7 heteroatoms. The third kappa shape index (κ3) is 4.41. The van der Waals surface area contributed by atoms with Gasteiger partial charge in [-0.25, -0.2) is 4.98 Å².